The van der Waals surface area contributed by atoms with Gasteiger partial charge in [-0.15, -0.1) is 11.8 Å². The van der Waals surface area contributed by atoms with Crippen LogP contribution in [0.15, 0.2) is 35.1 Å². The summed E-state index contributed by atoms with van der Waals surface area (Å²) in [6.45, 7) is 1.88. The van der Waals surface area contributed by atoms with Crippen molar-refractivity contribution in [2.24, 2.45) is 0 Å². The molecule has 4 heterocycles. The normalized spacial score (nSPS) is 13.0. The summed E-state index contributed by atoms with van der Waals surface area (Å²) in [6.07, 6.45) is 3.35. The molecule has 0 atom stereocenters. The summed E-state index contributed by atoms with van der Waals surface area (Å²) < 4.78 is 7.30. The van der Waals surface area contributed by atoms with Crippen LogP contribution in [0.4, 0.5) is 5.82 Å². The molecule has 5 nitrogen and oxygen atoms in total. The third-order valence-electron chi connectivity index (χ3n) is 4.15. The van der Waals surface area contributed by atoms with Crippen molar-refractivity contribution < 1.29 is 9.21 Å². The Labute approximate surface area is 136 Å². The number of nitrogens with zero attached hydrogens (tertiary/aromatic N) is 2. The van der Waals surface area contributed by atoms with E-state index in [9.17, 15) is 10.1 Å². The van der Waals surface area contributed by atoms with Crippen molar-refractivity contribution in [3.8, 4) is 6.07 Å². The van der Waals surface area contributed by atoms with E-state index in [0.717, 1.165) is 33.9 Å². The first kappa shape index (κ1) is 14.0. The molecule has 0 aliphatic carbocycles. The summed E-state index contributed by atoms with van der Waals surface area (Å²) in [6, 6.07) is 7.90. The molecule has 4 rings (SSSR count). The van der Waals surface area contributed by atoms with E-state index >= 15 is 0 Å². The SMILES string of the molecule is Cc1c(C#N)c(NC(=O)c2coc3c2CSC3)n2ccccc12. The highest BCUT2D eigenvalue weighted by Crippen LogP contribution is 2.34. The molecule has 0 saturated carbocycles. The standard InChI is InChI=1S/C17H13N3O2S/c1-10-11(6-18)16(20-5-3-2-4-14(10)20)19-17(21)12-7-22-15-9-23-8-13(12)15/h2-5,7H,8-9H2,1H3,(H,19,21). The van der Waals surface area contributed by atoms with Crippen molar-refractivity contribution >= 4 is 29.0 Å². The minimum Gasteiger partial charge on any atom is -0.467 e. The Morgan fingerprint density at radius 1 is 1.43 bits per heavy atom. The van der Waals surface area contributed by atoms with E-state index in [1.807, 2.05) is 35.7 Å². The van der Waals surface area contributed by atoms with Gasteiger partial charge in [-0.3, -0.25) is 4.79 Å². The minimum atomic E-state index is -0.239. The van der Waals surface area contributed by atoms with Crippen molar-refractivity contribution in [3.05, 3.63) is 58.7 Å². The van der Waals surface area contributed by atoms with Crippen LogP contribution in [0.25, 0.3) is 5.52 Å². The van der Waals surface area contributed by atoms with Crippen LogP contribution in [-0.4, -0.2) is 10.3 Å². The quantitative estimate of drug-likeness (QED) is 0.780. The number of thioether (sulfide) groups is 1. The van der Waals surface area contributed by atoms with E-state index in [0.29, 0.717) is 16.9 Å². The van der Waals surface area contributed by atoms with Crippen molar-refractivity contribution in [1.29, 1.82) is 5.26 Å². The summed E-state index contributed by atoms with van der Waals surface area (Å²) in [5.74, 6) is 2.73. The first-order valence-electron chi connectivity index (χ1n) is 7.18. The second-order valence-corrected chi connectivity index (χ2v) is 6.40. The smallest absolute Gasteiger partial charge is 0.260 e. The van der Waals surface area contributed by atoms with Crippen LogP contribution in [0.5, 0.6) is 0 Å². The van der Waals surface area contributed by atoms with Gasteiger partial charge in [0.2, 0.25) is 0 Å². The Balaban J connectivity index is 1.78. The number of carbonyl (C=O) groups is 1. The molecule has 0 bridgehead atoms. The predicted molar refractivity (Wildman–Crippen MR) is 88.5 cm³/mol. The Morgan fingerprint density at radius 2 is 2.30 bits per heavy atom. The fourth-order valence-corrected chi connectivity index (χ4v) is 3.99. The van der Waals surface area contributed by atoms with Crippen LogP contribution < -0.4 is 5.32 Å². The van der Waals surface area contributed by atoms with E-state index in [4.69, 9.17) is 4.42 Å². The molecule has 1 aliphatic rings. The number of rotatable bonds is 2. The van der Waals surface area contributed by atoms with Crippen molar-refractivity contribution in [2.45, 2.75) is 18.4 Å². The number of carbonyl (C=O) groups excluding carboxylic acids is 1. The highest BCUT2D eigenvalue weighted by atomic mass is 32.2. The summed E-state index contributed by atoms with van der Waals surface area (Å²) in [7, 11) is 0. The summed E-state index contributed by atoms with van der Waals surface area (Å²) in [5, 5.41) is 12.4. The number of amides is 1. The molecule has 3 aromatic heterocycles. The number of aromatic nitrogens is 1. The molecule has 0 unspecified atom stereocenters. The molecule has 3 aromatic rings. The zero-order chi connectivity index (χ0) is 16.0. The number of aryl methyl sites for hydroxylation is 1. The highest BCUT2D eigenvalue weighted by Gasteiger charge is 2.25. The number of hydrogen-bond acceptors (Lipinski definition) is 4. The van der Waals surface area contributed by atoms with Gasteiger partial charge in [0.15, 0.2) is 0 Å². The van der Waals surface area contributed by atoms with Gasteiger partial charge in [-0.25, -0.2) is 0 Å². The van der Waals surface area contributed by atoms with E-state index in [2.05, 4.69) is 11.4 Å². The van der Waals surface area contributed by atoms with E-state index in [-0.39, 0.29) is 5.91 Å². The summed E-state index contributed by atoms with van der Waals surface area (Å²) in [4.78, 5) is 12.7. The maximum atomic E-state index is 12.7. The van der Waals surface area contributed by atoms with Crippen LogP contribution in [-0.2, 0) is 11.5 Å². The first-order chi connectivity index (χ1) is 11.2. The van der Waals surface area contributed by atoms with Gasteiger partial charge in [0.1, 0.15) is 23.9 Å². The molecule has 23 heavy (non-hydrogen) atoms. The van der Waals surface area contributed by atoms with Gasteiger partial charge in [0.05, 0.1) is 22.4 Å². The van der Waals surface area contributed by atoms with Gasteiger partial charge in [0.25, 0.3) is 5.91 Å². The Morgan fingerprint density at radius 3 is 3.13 bits per heavy atom. The maximum absolute atomic E-state index is 12.7. The van der Waals surface area contributed by atoms with E-state index in [1.54, 1.807) is 11.8 Å². The molecule has 1 amide bonds. The topological polar surface area (TPSA) is 70.4 Å². The molecule has 0 radical (unpaired) electrons. The molecule has 0 spiro atoms. The van der Waals surface area contributed by atoms with Gasteiger partial charge in [-0.2, -0.15) is 5.26 Å². The fraction of sp³-hybridized carbons (Fsp3) is 0.176. The van der Waals surface area contributed by atoms with Gasteiger partial charge in [-0.05, 0) is 24.6 Å². The lowest BCUT2D eigenvalue weighted by Crippen LogP contribution is -2.15. The highest BCUT2D eigenvalue weighted by molar-refractivity contribution is 7.98. The lowest BCUT2D eigenvalue weighted by Gasteiger charge is -2.06. The second-order valence-electron chi connectivity index (χ2n) is 5.41. The predicted octanol–water partition coefficient (Wildman–Crippen LogP) is 3.71. The van der Waals surface area contributed by atoms with Gasteiger partial charge >= 0.3 is 0 Å². The Hall–Kier alpha value is -2.65. The molecule has 1 aliphatic heterocycles. The van der Waals surface area contributed by atoms with E-state index < -0.39 is 0 Å². The van der Waals surface area contributed by atoms with Crippen LogP contribution >= 0.6 is 11.8 Å². The average Bonchev–Trinajstić information content (AvgIpc) is 3.22. The third kappa shape index (κ3) is 2.05. The molecular formula is C17H13N3O2S. The zero-order valence-electron chi connectivity index (χ0n) is 12.4. The minimum absolute atomic E-state index is 0.239. The number of fused-ring (bicyclic) bond motifs is 2. The molecular weight excluding hydrogens is 310 g/mol. The van der Waals surface area contributed by atoms with Crippen LogP contribution in [0, 0.1) is 18.3 Å². The van der Waals surface area contributed by atoms with Gasteiger partial charge in [-0.1, -0.05) is 6.07 Å². The lowest BCUT2D eigenvalue weighted by molar-refractivity contribution is 0.102. The monoisotopic (exact) mass is 323 g/mol. The molecule has 0 saturated heterocycles. The number of anilines is 1. The summed E-state index contributed by atoms with van der Waals surface area (Å²) in [5.41, 5.74) is 3.77. The van der Waals surface area contributed by atoms with Crippen molar-refractivity contribution in [3.63, 3.8) is 0 Å². The van der Waals surface area contributed by atoms with Gasteiger partial charge < -0.3 is 14.1 Å². The van der Waals surface area contributed by atoms with Crippen LogP contribution in [0.3, 0.4) is 0 Å². The van der Waals surface area contributed by atoms with Gasteiger partial charge in [0, 0.05) is 17.5 Å². The molecule has 0 fully saturated rings. The molecule has 114 valence electrons. The Bertz CT molecular complexity index is 978. The third-order valence-corrected chi connectivity index (χ3v) is 5.10. The molecule has 6 heteroatoms. The molecule has 1 N–H and O–H groups in total. The Kier molecular flexibility index (Phi) is 3.17. The maximum Gasteiger partial charge on any atom is 0.260 e. The largest absolute Gasteiger partial charge is 0.467 e. The van der Waals surface area contributed by atoms with Crippen molar-refractivity contribution in [2.75, 3.05) is 5.32 Å². The first-order valence-corrected chi connectivity index (χ1v) is 8.34. The zero-order valence-corrected chi connectivity index (χ0v) is 13.2. The van der Waals surface area contributed by atoms with Crippen LogP contribution in [0.2, 0.25) is 0 Å². The number of furan rings is 1. The molecule has 0 aromatic carbocycles. The number of nitriles is 1. The second kappa shape index (κ2) is 5.21. The average molecular weight is 323 g/mol. The van der Waals surface area contributed by atoms with E-state index in [1.165, 1.54) is 6.26 Å². The number of pyridine rings is 1. The summed E-state index contributed by atoms with van der Waals surface area (Å²) >= 11 is 1.73. The number of nitrogens with one attached hydrogen (secondary N) is 1. The lowest BCUT2D eigenvalue weighted by atomic mass is 10.1. The van der Waals surface area contributed by atoms with Crippen molar-refractivity contribution in [1.82, 2.24) is 4.40 Å². The number of hydrogen-bond donors (Lipinski definition) is 1. The fourth-order valence-electron chi connectivity index (χ4n) is 2.94. The van der Waals surface area contributed by atoms with Crippen LogP contribution in [0.1, 0.15) is 32.8 Å².